The Bertz CT molecular complexity index is 1180. The smallest absolute Gasteiger partial charge is 0.264 e. The van der Waals surface area contributed by atoms with Crippen molar-refractivity contribution in [1.29, 1.82) is 0 Å². The number of nitrogens with one attached hydrogen (secondary N) is 1. The summed E-state index contributed by atoms with van der Waals surface area (Å²) >= 11 is 6.24. The summed E-state index contributed by atoms with van der Waals surface area (Å²) < 4.78 is 33.0. The molecule has 0 heterocycles. The van der Waals surface area contributed by atoms with Gasteiger partial charge in [0.15, 0.2) is 0 Å². The van der Waals surface area contributed by atoms with Gasteiger partial charge in [0.05, 0.1) is 22.7 Å². The lowest BCUT2D eigenvalue weighted by Crippen LogP contribution is -2.38. The van der Waals surface area contributed by atoms with E-state index >= 15 is 0 Å². The molecular formula is C25H27ClN2O4S. The van der Waals surface area contributed by atoms with E-state index in [1.54, 1.807) is 30.3 Å². The van der Waals surface area contributed by atoms with Gasteiger partial charge in [-0.2, -0.15) is 0 Å². The van der Waals surface area contributed by atoms with E-state index in [1.165, 1.54) is 30.9 Å². The van der Waals surface area contributed by atoms with Crippen molar-refractivity contribution in [2.75, 3.05) is 23.3 Å². The minimum atomic E-state index is -4.02. The van der Waals surface area contributed by atoms with Crippen molar-refractivity contribution in [2.24, 2.45) is 0 Å². The molecule has 0 unspecified atom stereocenters. The van der Waals surface area contributed by atoms with E-state index in [2.05, 4.69) is 12.2 Å². The number of aryl methyl sites for hydroxylation is 1. The molecule has 0 radical (unpaired) electrons. The zero-order valence-corrected chi connectivity index (χ0v) is 20.2. The van der Waals surface area contributed by atoms with Crippen molar-refractivity contribution in [1.82, 2.24) is 0 Å². The number of halogens is 1. The molecule has 1 amide bonds. The number of unbranched alkanes of at least 4 members (excludes halogenated alkanes) is 1. The van der Waals surface area contributed by atoms with Crippen molar-refractivity contribution in [3.05, 3.63) is 83.4 Å². The quantitative estimate of drug-likeness (QED) is 0.409. The van der Waals surface area contributed by atoms with Crippen LogP contribution in [0.2, 0.25) is 5.02 Å². The van der Waals surface area contributed by atoms with E-state index < -0.39 is 22.5 Å². The Morgan fingerprint density at radius 1 is 1.03 bits per heavy atom. The van der Waals surface area contributed by atoms with Crippen molar-refractivity contribution in [2.45, 2.75) is 31.1 Å². The third-order valence-electron chi connectivity index (χ3n) is 5.10. The number of carbonyl (C=O) groups is 1. The van der Waals surface area contributed by atoms with E-state index in [4.69, 9.17) is 16.3 Å². The number of nitrogens with zero attached hydrogens (tertiary/aromatic N) is 1. The number of hydrogen-bond donors (Lipinski definition) is 1. The molecule has 0 aliphatic heterocycles. The van der Waals surface area contributed by atoms with Crippen LogP contribution in [0, 0.1) is 0 Å². The van der Waals surface area contributed by atoms with Gasteiger partial charge in [-0.05, 0) is 60.9 Å². The molecule has 0 bridgehead atoms. The molecule has 3 aromatic rings. The summed E-state index contributed by atoms with van der Waals surface area (Å²) in [6, 6.07) is 20.1. The van der Waals surface area contributed by atoms with Gasteiger partial charge in [-0.15, -0.1) is 0 Å². The number of ether oxygens (including phenoxy) is 1. The van der Waals surface area contributed by atoms with Gasteiger partial charge in [0.25, 0.3) is 10.0 Å². The summed E-state index contributed by atoms with van der Waals surface area (Å²) in [5.74, 6) is -0.0622. The average Bonchev–Trinajstić information content (AvgIpc) is 2.82. The number of methoxy groups -OCH3 is 1. The number of anilines is 2. The Morgan fingerprint density at radius 2 is 1.73 bits per heavy atom. The lowest BCUT2D eigenvalue weighted by Gasteiger charge is -2.24. The summed E-state index contributed by atoms with van der Waals surface area (Å²) in [6.07, 6.45) is 3.19. The van der Waals surface area contributed by atoms with E-state index in [0.29, 0.717) is 11.4 Å². The van der Waals surface area contributed by atoms with Gasteiger partial charge in [0.2, 0.25) is 5.91 Å². The summed E-state index contributed by atoms with van der Waals surface area (Å²) in [4.78, 5) is 12.9. The first-order chi connectivity index (χ1) is 15.8. The second-order valence-electron chi connectivity index (χ2n) is 7.49. The highest BCUT2D eigenvalue weighted by Gasteiger charge is 2.27. The SMILES string of the molecule is CCCCc1ccc(NC(=O)CN(c2ccc(OC)c(Cl)c2)S(=O)(=O)c2ccccc2)cc1. The largest absolute Gasteiger partial charge is 0.495 e. The maximum absolute atomic E-state index is 13.4. The Kier molecular flexibility index (Phi) is 8.36. The van der Waals surface area contributed by atoms with Gasteiger partial charge < -0.3 is 10.1 Å². The molecule has 0 aliphatic carbocycles. The van der Waals surface area contributed by atoms with Gasteiger partial charge in [0, 0.05) is 5.69 Å². The monoisotopic (exact) mass is 486 g/mol. The standard InChI is InChI=1S/C25H27ClN2O4S/c1-3-4-8-19-11-13-20(14-12-19)27-25(29)18-28(21-15-16-24(32-2)23(26)17-21)33(30,31)22-9-6-5-7-10-22/h5-7,9-17H,3-4,8,18H2,1-2H3,(H,27,29). The van der Waals surface area contributed by atoms with E-state index in [0.717, 1.165) is 23.6 Å². The first-order valence-corrected chi connectivity index (χ1v) is 12.5. The van der Waals surface area contributed by atoms with Crippen LogP contribution in [0.25, 0.3) is 0 Å². The lowest BCUT2D eigenvalue weighted by atomic mass is 10.1. The van der Waals surface area contributed by atoms with Crippen LogP contribution in [0.15, 0.2) is 77.7 Å². The zero-order chi connectivity index (χ0) is 23.8. The molecule has 1 N–H and O–H groups in total. The highest BCUT2D eigenvalue weighted by Crippen LogP contribution is 2.32. The van der Waals surface area contributed by atoms with Crippen molar-refractivity contribution in [3.63, 3.8) is 0 Å². The predicted molar refractivity (Wildman–Crippen MR) is 133 cm³/mol. The second kappa shape index (κ2) is 11.2. The fourth-order valence-electron chi connectivity index (χ4n) is 3.31. The molecule has 0 fully saturated rings. The molecule has 8 heteroatoms. The van der Waals surface area contributed by atoms with Crippen LogP contribution < -0.4 is 14.4 Å². The van der Waals surface area contributed by atoms with Crippen LogP contribution in [0.5, 0.6) is 5.75 Å². The number of benzene rings is 3. The van der Waals surface area contributed by atoms with Gasteiger partial charge in [-0.3, -0.25) is 9.10 Å². The molecule has 0 atom stereocenters. The molecule has 174 valence electrons. The third kappa shape index (κ3) is 6.27. The fourth-order valence-corrected chi connectivity index (χ4v) is 5.00. The lowest BCUT2D eigenvalue weighted by molar-refractivity contribution is -0.114. The van der Waals surface area contributed by atoms with Crippen molar-refractivity contribution >= 4 is 38.9 Å². The van der Waals surface area contributed by atoms with Crippen LogP contribution in [-0.2, 0) is 21.2 Å². The van der Waals surface area contributed by atoms with Crippen LogP contribution in [0.4, 0.5) is 11.4 Å². The molecule has 0 saturated heterocycles. The molecule has 33 heavy (non-hydrogen) atoms. The Balaban J connectivity index is 1.86. The maximum Gasteiger partial charge on any atom is 0.264 e. The molecular weight excluding hydrogens is 460 g/mol. The molecule has 0 aromatic heterocycles. The van der Waals surface area contributed by atoms with Crippen LogP contribution in [0.3, 0.4) is 0 Å². The molecule has 3 aromatic carbocycles. The Morgan fingerprint density at radius 3 is 2.33 bits per heavy atom. The molecule has 0 spiro atoms. The van der Waals surface area contributed by atoms with Crippen molar-refractivity contribution < 1.29 is 17.9 Å². The average molecular weight is 487 g/mol. The normalized spacial score (nSPS) is 11.1. The molecule has 0 saturated carbocycles. The summed E-state index contributed by atoms with van der Waals surface area (Å²) in [7, 11) is -2.55. The highest BCUT2D eigenvalue weighted by molar-refractivity contribution is 7.92. The minimum Gasteiger partial charge on any atom is -0.495 e. The Labute approximate surface area is 200 Å². The van der Waals surface area contributed by atoms with E-state index in [-0.39, 0.29) is 15.6 Å². The topological polar surface area (TPSA) is 75.7 Å². The number of sulfonamides is 1. The predicted octanol–water partition coefficient (Wildman–Crippen LogP) is 5.53. The molecule has 6 nitrogen and oxygen atoms in total. The summed E-state index contributed by atoms with van der Waals surface area (Å²) in [5, 5.41) is 3.03. The zero-order valence-electron chi connectivity index (χ0n) is 18.6. The minimum absolute atomic E-state index is 0.0741. The van der Waals surface area contributed by atoms with Gasteiger partial charge in [0.1, 0.15) is 12.3 Å². The summed E-state index contributed by atoms with van der Waals surface area (Å²) in [6.45, 7) is 1.72. The van der Waals surface area contributed by atoms with E-state index in [1.807, 2.05) is 24.3 Å². The first-order valence-electron chi connectivity index (χ1n) is 10.6. The van der Waals surface area contributed by atoms with Gasteiger partial charge >= 0.3 is 0 Å². The molecule has 0 aliphatic rings. The van der Waals surface area contributed by atoms with Crippen LogP contribution >= 0.6 is 11.6 Å². The third-order valence-corrected chi connectivity index (χ3v) is 7.18. The number of amides is 1. The highest BCUT2D eigenvalue weighted by atomic mass is 35.5. The second-order valence-corrected chi connectivity index (χ2v) is 9.76. The van der Waals surface area contributed by atoms with Gasteiger partial charge in [-0.25, -0.2) is 8.42 Å². The van der Waals surface area contributed by atoms with E-state index in [9.17, 15) is 13.2 Å². The fraction of sp³-hybridized carbons (Fsp3) is 0.240. The molecule has 3 rings (SSSR count). The summed E-state index contributed by atoms with van der Waals surface area (Å²) in [5.41, 5.74) is 2.05. The number of rotatable bonds is 10. The number of hydrogen-bond acceptors (Lipinski definition) is 4. The van der Waals surface area contributed by atoms with Crippen LogP contribution in [0.1, 0.15) is 25.3 Å². The van der Waals surface area contributed by atoms with Gasteiger partial charge in [-0.1, -0.05) is 55.3 Å². The Hall–Kier alpha value is -3.03. The maximum atomic E-state index is 13.4. The first kappa shape index (κ1) is 24.6. The van der Waals surface area contributed by atoms with Crippen LogP contribution in [-0.4, -0.2) is 28.0 Å². The number of carbonyl (C=O) groups excluding carboxylic acids is 1. The van der Waals surface area contributed by atoms with Crippen molar-refractivity contribution in [3.8, 4) is 5.75 Å².